The van der Waals surface area contributed by atoms with Crippen molar-refractivity contribution < 1.29 is 9.53 Å². The van der Waals surface area contributed by atoms with Crippen LogP contribution in [0.3, 0.4) is 0 Å². The number of esters is 1. The zero-order valence-corrected chi connectivity index (χ0v) is 12.0. The molecule has 98 valence electrons. The SMILES string of the molecule is COC(=O)c1ccc(Cl)cc1NC1CCSC1C. The Morgan fingerprint density at radius 3 is 2.94 bits per heavy atom. The molecule has 1 aliphatic rings. The minimum absolute atomic E-state index is 0.340. The second-order valence-electron chi connectivity index (χ2n) is 4.30. The quantitative estimate of drug-likeness (QED) is 0.864. The van der Waals surface area contributed by atoms with Gasteiger partial charge in [-0.25, -0.2) is 4.79 Å². The van der Waals surface area contributed by atoms with Gasteiger partial charge in [0, 0.05) is 16.3 Å². The molecule has 1 fully saturated rings. The van der Waals surface area contributed by atoms with Crippen LogP contribution in [0.15, 0.2) is 18.2 Å². The maximum atomic E-state index is 11.7. The van der Waals surface area contributed by atoms with Gasteiger partial charge in [-0.3, -0.25) is 0 Å². The first-order chi connectivity index (χ1) is 8.61. The summed E-state index contributed by atoms with van der Waals surface area (Å²) < 4.78 is 4.78. The Morgan fingerprint density at radius 2 is 2.33 bits per heavy atom. The fraction of sp³-hybridized carbons (Fsp3) is 0.462. The fourth-order valence-electron chi connectivity index (χ4n) is 2.04. The van der Waals surface area contributed by atoms with E-state index in [1.165, 1.54) is 7.11 Å². The van der Waals surface area contributed by atoms with Crippen LogP contribution in [-0.2, 0) is 4.74 Å². The topological polar surface area (TPSA) is 38.3 Å². The van der Waals surface area contributed by atoms with Crippen LogP contribution in [0.4, 0.5) is 5.69 Å². The number of benzene rings is 1. The smallest absolute Gasteiger partial charge is 0.339 e. The number of nitrogens with one attached hydrogen (secondary N) is 1. The molecule has 2 rings (SSSR count). The van der Waals surface area contributed by atoms with Gasteiger partial charge in [0.15, 0.2) is 0 Å². The highest BCUT2D eigenvalue weighted by molar-refractivity contribution is 8.00. The first-order valence-electron chi connectivity index (χ1n) is 5.88. The molecule has 0 aromatic heterocycles. The third kappa shape index (κ3) is 2.93. The number of carbonyl (C=O) groups is 1. The predicted octanol–water partition coefficient (Wildman–Crippen LogP) is 3.43. The molecule has 1 aromatic carbocycles. The van der Waals surface area contributed by atoms with Gasteiger partial charge in [0.1, 0.15) is 0 Å². The normalized spacial score (nSPS) is 22.8. The fourth-order valence-corrected chi connectivity index (χ4v) is 3.42. The highest BCUT2D eigenvalue weighted by Gasteiger charge is 2.25. The Balaban J connectivity index is 2.24. The summed E-state index contributed by atoms with van der Waals surface area (Å²) in [5.74, 6) is 0.805. The maximum Gasteiger partial charge on any atom is 0.339 e. The second-order valence-corrected chi connectivity index (χ2v) is 6.22. The Kier molecular flexibility index (Phi) is 4.40. The number of rotatable bonds is 3. The molecule has 1 heterocycles. The largest absolute Gasteiger partial charge is 0.465 e. The summed E-state index contributed by atoms with van der Waals surface area (Å²) in [5.41, 5.74) is 1.29. The first-order valence-corrected chi connectivity index (χ1v) is 7.30. The van der Waals surface area contributed by atoms with Crippen molar-refractivity contribution in [3.8, 4) is 0 Å². The van der Waals surface area contributed by atoms with E-state index in [1.807, 2.05) is 11.8 Å². The highest BCUT2D eigenvalue weighted by atomic mass is 35.5. The average molecular weight is 286 g/mol. The number of thioether (sulfide) groups is 1. The molecule has 0 aliphatic carbocycles. The molecule has 2 unspecified atom stereocenters. The van der Waals surface area contributed by atoms with Crippen LogP contribution in [0.1, 0.15) is 23.7 Å². The van der Waals surface area contributed by atoms with Crippen molar-refractivity contribution in [1.82, 2.24) is 0 Å². The summed E-state index contributed by atoms with van der Waals surface area (Å²) in [7, 11) is 1.38. The molecule has 1 aliphatic heterocycles. The Bertz CT molecular complexity index is 453. The van der Waals surface area contributed by atoms with Gasteiger partial charge in [0.2, 0.25) is 0 Å². The number of anilines is 1. The summed E-state index contributed by atoms with van der Waals surface area (Å²) in [6.45, 7) is 2.19. The molecular weight excluding hydrogens is 270 g/mol. The van der Waals surface area contributed by atoms with Gasteiger partial charge in [-0.1, -0.05) is 18.5 Å². The lowest BCUT2D eigenvalue weighted by Gasteiger charge is -2.19. The molecule has 1 saturated heterocycles. The molecule has 0 radical (unpaired) electrons. The zero-order chi connectivity index (χ0) is 13.1. The van der Waals surface area contributed by atoms with Crippen molar-refractivity contribution in [2.24, 2.45) is 0 Å². The van der Waals surface area contributed by atoms with E-state index in [1.54, 1.807) is 18.2 Å². The third-order valence-electron chi connectivity index (χ3n) is 3.10. The van der Waals surface area contributed by atoms with Gasteiger partial charge < -0.3 is 10.1 Å². The van der Waals surface area contributed by atoms with E-state index in [0.717, 1.165) is 17.9 Å². The minimum atomic E-state index is -0.340. The summed E-state index contributed by atoms with van der Waals surface area (Å²) in [4.78, 5) is 11.7. The molecule has 0 amide bonds. The first kappa shape index (κ1) is 13.6. The highest BCUT2D eigenvalue weighted by Crippen LogP contribution is 2.31. The van der Waals surface area contributed by atoms with Crippen LogP contribution >= 0.6 is 23.4 Å². The lowest BCUT2D eigenvalue weighted by molar-refractivity contribution is 0.0602. The summed E-state index contributed by atoms with van der Waals surface area (Å²) >= 11 is 7.93. The molecular formula is C13H16ClNO2S. The van der Waals surface area contributed by atoms with E-state index in [2.05, 4.69) is 12.2 Å². The van der Waals surface area contributed by atoms with Crippen molar-refractivity contribution in [2.75, 3.05) is 18.2 Å². The van der Waals surface area contributed by atoms with Crippen molar-refractivity contribution >= 4 is 35.0 Å². The van der Waals surface area contributed by atoms with Crippen molar-refractivity contribution in [2.45, 2.75) is 24.6 Å². The maximum absolute atomic E-state index is 11.7. The molecule has 0 saturated carbocycles. The van der Waals surface area contributed by atoms with E-state index >= 15 is 0 Å². The third-order valence-corrected chi connectivity index (χ3v) is 4.66. The number of methoxy groups -OCH3 is 1. The van der Waals surface area contributed by atoms with Crippen LogP contribution < -0.4 is 5.32 Å². The van der Waals surface area contributed by atoms with Crippen molar-refractivity contribution in [3.63, 3.8) is 0 Å². The average Bonchev–Trinajstić information content (AvgIpc) is 2.74. The molecule has 0 spiro atoms. The molecule has 1 aromatic rings. The van der Waals surface area contributed by atoms with Crippen LogP contribution in [-0.4, -0.2) is 30.1 Å². The molecule has 5 heteroatoms. The lowest BCUT2D eigenvalue weighted by atomic mass is 10.1. The predicted molar refractivity (Wildman–Crippen MR) is 76.7 cm³/mol. The van der Waals surface area contributed by atoms with Crippen molar-refractivity contribution in [1.29, 1.82) is 0 Å². The number of halogens is 1. The second kappa shape index (κ2) is 5.85. The van der Waals surface area contributed by atoms with Crippen LogP contribution in [0, 0.1) is 0 Å². The van der Waals surface area contributed by atoms with E-state index in [0.29, 0.717) is 21.9 Å². The number of hydrogen-bond acceptors (Lipinski definition) is 4. The summed E-state index contributed by atoms with van der Waals surface area (Å²) in [6.07, 6.45) is 1.10. The molecule has 3 nitrogen and oxygen atoms in total. The summed E-state index contributed by atoms with van der Waals surface area (Å²) in [5, 5.41) is 4.56. The monoisotopic (exact) mass is 285 g/mol. The van der Waals surface area contributed by atoms with Crippen molar-refractivity contribution in [3.05, 3.63) is 28.8 Å². The number of ether oxygens (including phenoxy) is 1. The van der Waals surface area contributed by atoms with Crippen LogP contribution in [0.25, 0.3) is 0 Å². The Labute approximate surface area is 116 Å². The van der Waals surface area contributed by atoms with Gasteiger partial charge in [0.05, 0.1) is 18.4 Å². The summed E-state index contributed by atoms with van der Waals surface area (Å²) in [6, 6.07) is 5.55. The molecule has 0 bridgehead atoms. The van der Waals surface area contributed by atoms with Crippen LogP contribution in [0.5, 0.6) is 0 Å². The van der Waals surface area contributed by atoms with E-state index in [4.69, 9.17) is 16.3 Å². The molecule has 2 atom stereocenters. The molecule has 18 heavy (non-hydrogen) atoms. The lowest BCUT2D eigenvalue weighted by Crippen LogP contribution is -2.26. The van der Waals surface area contributed by atoms with Gasteiger partial charge in [0.25, 0.3) is 0 Å². The van der Waals surface area contributed by atoms with E-state index < -0.39 is 0 Å². The number of hydrogen-bond donors (Lipinski definition) is 1. The van der Waals surface area contributed by atoms with E-state index in [-0.39, 0.29) is 5.97 Å². The van der Waals surface area contributed by atoms with Gasteiger partial charge in [-0.15, -0.1) is 0 Å². The molecule has 1 N–H and O–H groups in total. The van der Waals surface area contributed by atoms with Crippen LogP contribution in [0.2, 0.25) is 5.02 Å². The Morgan fingerprint density at radius 1 is 1.56 bits per heavy atom. The van der Waals surface area contributed by atoms with Gasteiger partial charge in [-0.05, 0) is 30.4 Å². The number of carbonyl (C=O) groups excluding carboxylic acids is 1. The zero-order valence-electron chi connectivity index (χ0n) is 10.4. The Hall–Kier alpha value is -0.870. The van der Waals surface area contributed by atoms with E-state index in [9.17, 15) is 4.79 Å². The van der Waals surface area contributed by atoms with Gasteiger partial charge in [-0.2, -0.15) is 11.8 Å². The van der Waals surface area contributed by atoms with Gasteiger partial charge >= 0.3 is 5.97 Å². The minimum Gasteiger partial charge on any atom is -0.465 e. The standard InChI is InChI=1S/C13H16ClNO2S/c1-8-11(5-6-18-8)15-12-7-9(14)3-4-10(12)13(16)17-2/h3-4,7-8,11,15H,5-6H2,1-2H3.